The lowest BCUT2D eigenvalue weighted by Crippen LogP contribution is -2.66. The van der Waals surface area contributed by atoms with Gasteiger partial charge in [-0.3, -0.25) is 4.79 Å². The first kappa shape index (κ1) is 62.8. The molecule has 0 bridgehead atoms. The molecule has 0 aromatic carbocycles. The summed E-state index contributed by atoms with van der Waals surface area (Å²) >= 11 is 0. The molecule has 3 saturated heterocycles. The fraction of sp³-hybridized carbons (Fsp3) is 0.788. The van der Waals surface area contributed by atoms with Crippen LogP contribution < -0.4 is 5.32 Å². The van der Waals surface area contributed by atoms with E-state index in [4.69, 9.17) is 28.4 Å². The van der Waals surface area contributed by atoms with Gasteiger partial charge in [0.1, 0.15) is 73.2 Å². The quantitative estimate of drug-likeness (QED) is 0.0320. The second kappa shape index (κ2) is 36.4. The molecule has 3 fully saturated rings. The van der Waals surface area contributed by atoms with Crippen LogP contribution in [0.15, 0.2) is 60.8 Å². The second-order valence-corrected chi connectivity index (χ2v) is 18.6. The van der Waals surface area contributed by atoms with E-state index in [0.717, 1.165) is 70.6 Å². The van der Waals surface area contributed by atoms with E-state index < -0.39 is 124 Å². The number of carbonyl (C=O) groups excluding carboxylic acids is 1. The molecule has 0 spiro atoms. The van der Waals surface area contributed by atoms with E-state index in [0.29, 0.717) is 12.8 Å². The molecule has 0 saturated carbocycles. The van der Waals surface area contributed by atoms with Crippen molar-refractivity contribution in [2.75, 3.05) is 26.4 Å². The van der Waals surface area contributed by atoms with E-state index in [1.807, 2.05) is 6.08 Å². The highest BCUT2D eigenvalue weighted by Crippen LogP contribution is 2.33. The number of rotatable bonds is 35. The van der Waals surface area contributed by atoms with E-state index in [1.54, 1.807) is 6.08 Å². The van der Waals surface area contributed by atoms with E-state index in [1.165, 1.54) is 25.7 Å². The summed E-state index contributed by atoms with van der Waals surface area (Å²) in [7, 11) is 0. The summed E-state index contributed by atoms with van der Waals surface area (Å²) in [6.07, 6.45) is 10.8. The number of ether oxygens (including phenoxy) is 6. The van der Waals surface area contributed by atoms with Gasteiger partial charge in [0, 0.05) is 6.42 Å². The molecule has 0 aliphatic carbocycles. The first-order valence-electron chi connectivity index (χ1n) is 26.0. The Morgan fingerprint density at radius 2 is 0.944 bits per heavy atom. The molecular weight excluding hydrogens is 927 g/mol. The van der Waals surface area contributed by atoms with Gasteiger partial charge in [-0.05, 0) is 64.2 Å². The molecule has 3 aliphatic heterocycles. The molecule has 17 unspecified atom stereocenters. The largest absolute Gasteiger partial charge is 0.394 e. The van der Waals surface area contributed by atoms with Gasteiger partial charge in [-0.2, -0.15) is 0 Å². The topological polar surface area (TPSA) is 307 Å². The zero-order valence-corrected chi connectivity index (χ0v) is 41.9. The first-order valence-corrected chi connectivity index (χ1v) is 26.0. The predicted octanol–water partition coefficient (Wildman–Crippen LogP) is 2.14. The minimum atomic E-state index is -1.98. The number of hydrogen-bond donors (Lipinski definition) is 12. The summed E-state index contributed by atoms with van der Waals surface area (Å²) in [5, 5.41) is 120. The summed E-state index contributed by atoms with van der Waals surface area (Å²) in [6.45, 7) is 1.53. The summed E-state index contributed by atoms with van der Waals surface area (Å²) in [6, 6.07) is -1.00. The number of amides is 1. The van der Waals surface area contributed by atoms with Crippen molar-refractivity contribution in [1.29, 1.82) is 0 Å². The molecule has 19 heteroatoms. The van der Waals surface area contributed by atoms with Crippen molar-refractivity contribution in [3.8, 4) is 0 Å². The monoisotopic (exact) mass is 1020 g/mol. The average Bonchev–Trinajstić information content (AvgIpc) is 3.36. The maximum Gasteiger partial charge on any atom is 0.220 e. The van der Waals surface area contributed by atoms with Crippen molar-refractivity contribution in [3.63, 3.8) is 0 Å². The normalized spacial score (nSPS) is 32.8. The molecule has 3 rings (SSSR count). The van der Waals surface area contributed by atoms with Gasteiger partial charge in [-0.15, -0.1) is 0 Å². The molecule has 3 heterocycles. The Kier molecular flexibility index (Phi) is 32.2. The molecule has 3 aliphatic rings. The highest BCUT2D eigenvalue weighted by molar-refractivity contribution is 5.76. The number of allylic oxidation sites excluding steroid dienone is 9. The van der Waals surface area contributed by atoms with Gasteiger partial charge in [-0.1, -0.05) is 120 Å². The minimum absolute atomic E-state index is 0.213. The van der Waals surface area contributed by atoms with Crippen LogP contribution in [0.25, 0.3) is 0 Å². The predicted molar refractivity (Wildman–Crippen MR) is 263 cm³/mol. The lowest BCUT2D eigenvalue weighted by atomic mass is 9.96. The molecule has 410 valence electrons. The van der Waals surface area contributed by atoms with Gasteiger partial charge >= 0.3 is 0 Å². The van der Waals surface area contributed by atoms with Crippen LogP contribution in [0.2, 0.25) is 0 Å². The van der Waals surface area contributed by atoms with Crippen molar-refractivity contribution in [3.05, 3.63) is 60.8 Å². The number of nitrogens with one attached hydrogen (secondary N) is 1. The Morgan fingerprint density at radius 1 is 0.507 bits per heavy atom. The van der Waals surface area contributed by atoms with E-state index in [-0.39, 0.29) is 18.9 Å². The van der Waals surface area contributed by atoms with Gasteiger partial charge in [0.25, 0.3) is 0 Å². The summed E-state index contributed by atoms with van der Waals surface area (Å²) < 4.78 is 34.1. The SMILES string of the molecule is CCCC/C=C\C/C=C\CCCCCCCC(=O)NC(COC1OC(CO)C(OC2OC(CO)C(OC3OC(CO)C(O)C(O)C3O)C(O)C2O)C(O)C1O)C(O)/C=C/CC/C=C/CC/C=C/CCCC. The average molecular weight is 1020 g/mol. The number of aliphatic hydroxyl groups is 11. The number of aliphatic hydroxyl groups excluding tert-OH is 11. The number of hydrogen-bond acceptors (Lipinski definition) is 18. The van der Waals surface area contributed by atoms with Crippen LogP contribution in [-0.2, 0) is 33.2 Å². The molecule has 0 radical (unpaired) electrons. The first-order chi connectivity index (χ1) is 34.3. The van der Waals surface area contributed by atoms with E-state index in [2.05, 4.69) is 67.8 Å². The maximum absolute atomic E-state index is 13.2. The van der Waals surface area contributed by atoms with Crippen LogP contribution in [0, 0.1) is 0 Å². The van der Waals surface area contributed by atoms with E-state index >= 15 is 0 Å². The smallest absolute Gasteiger partial charge is 0.220 e. The molecular formula is C52H89NO18. The van der Waals surface area contributed by atoms with Crippen LogP contribution in [0.5, 0.6) is 0 Å². The summed E-state index contributed by atoms with van der Waals surface area (Å²) in [5.41, 5.74) is 0. The van der Waals surface area contributed by atoms with Crippen molar-refractivity contribution >= 4 is 5.91 Å². The Morgan fingerprint density at radius 3 is 1.49 bits per heavy atom. The molecule has 0 aromatic heterocycles. The Hall–Kier alpha value is -2.51. The van der Waals surface area contributed by atoms with Crippen LogP contribution in [0.1, 0.15) is 129 Å². The highest BCUT2D eigenvalue weighted by Gasteiger charge is 2.53. The van der Waals surface area contributed by atoms with Gasteiger partial charge in [-0.25, -0.2) is 0 Å². The maximum atomic E-state index is 13.2. The summed E-state index contributed by atoms with van der Waals surface area (Å²) in [5.74, 6) is -0.310. The van der Waals surface area contributed by atoms with Gasteiger partial charge in [0.05, 0.1) is 38.6 Å². The highest BCUT2D eigenvalue weighted by atomic mass is 16.8. The Labute approximate surface area is 420 Å². The van der Waals surface area contributed by atoms with E-state index in [9.17, 15) is 61.0 Å². The minimum Gasteiger partial charge on any atom is -0.394 e. The van der Waals surface area contributed by atoms with Gasteiger partial charge in [0.15, 0.2) is 18.9 Å². The molecule has 0 aromatic rings. The second-order valence-electron chi connectivity index (χ2n) is 18.6. The zero-order valence-electron chi connectivity index (χ0n) is 41.9. The summed E-state index contributed by atoms with van der Waals surface area (Å²) in [4.78, 5) is 13.2. The Bertz CT molecular complexity index is 1540. The molecule has 71 heavy (non-hydrogen) atoms. The molecule has 17 atom stereocenters. The third-order valence-corrected chi connectivity index (χ3v) is 12.8. The van der Waals surface area contributed by atoms with Gasteiger partial charge < -0.3 is 89.9 Å². The van der Waals surface area contributed by atoms with Crippen molar-refractivity contribution in [2.24, 2.45) is 0 Å². The third kappa shape index (κ3) is 22.1. The number of carbonyl (C=O) groups is 1. The van der Waals surface area contributed by atoms with Crippen LogP contribution >= 0.6 is 0 Å². The fourth-order valence-corrected chi connectivity index (χ4v) is 8.34. The van der Waals surface area contributed by atoms with Crippen LogP contribution in [0.4, 0.5) is 0 Å². The lowest BCUT2D eigenvalue weighted by molar-refractivity contribution is -0.379. The van der Waals surface area contributed by atoms with Crippen molar-refractivity contribution in [2.45, 2.75) is 234 Å². The van der Waals surface area contributed by atoms with Crippen molar-refractivity contribution < 1.29 is 89.4 Å². The molecule has 19 nitrogen and oxygen atoms in total. The Balaban J connectivity index is 1.58. The number of unbranched alkanes of at least 4 members (excludes halogenated alkanes) is 11. The fourth-order valence-electron chi connectivity index (χ4n) is 8.34. The van der Waals surface area contributed by atoms with Gasteiger partial charge in [0.2, 0.25) is 5.91 Å². The molecule has 1 amide bonds. The van der Waals surface area contributed by atoms with Crippen LogP contribution in [-0.4, -0.2) is 193 Å². The van der Waals surface area contributed by atoms with Crippen LogP contribution in [0.3, 0.4) is 0 Å². The zero-order chi connectivity index (χ0) is 52.0. The standard InChI is InChI=1S/C52H89NO18/c1-3-5-7-9-11-13-15-17-18-20-22-24-26-28-30-40(58)53-35(36(57)29-27-25-23-21-19-16-14-12-10-8-6-4-2)34-66-50-46(64)43(61)48(38(32-55)68-50)71-52-47(65)44(62)49(39(33-56)69-52)70-51-45(63)42(60)41(59)37(31-54)67-51/h9-12,15,17,19,21,27,29,35-39,41-52,54-57,59-65H,3-8,13-14,16,18,20,22-26,28,30-34H2,1-2H3,(H,53,58)/b11-9-,12-10+,17-15-,21-19+,29-27+. The lowest BCUT2D eigenvalue weighted by Gasteiger charge is -2.48. The third-order valence-electron chi connectivity index (χ3n) is 12.8. The van der Waals surface area contributed by atoms with Crippen molar-refractivity contribution in [1.82, 2.24) is 5.32 Å². The molecule has 12 N–H and O–H groups in total.